The van der Waals surface area contributed by atoms with E-state index < -0.39 is 22.4 Å². The summed E-state index contributed by atoms with van der Waals surface area (Å²) in [5.74, 6) is -0.178. The van der Waals surface area contributed by atoms with Crippen LogP contribution in [0.15, 0.2) is 59.6 Å². The van der Waals surface area contributed by atoms with Crippen LogP contribution >= 0.6 is 11.6 Å². The Balaban J connectivity index is 2.01. The van der Waals surface area contributed by atoms with E-state index in [0.29, 0.717) is 22.3 Å². The summed E-state index contributed by atoms with van der Waals surface area (Å²) in [6, 6.07) is 12.2. The molecule has 0 aliphatic rings. The topological polar surface area (TPSA) is 64.7 Å². The standard InChI is InChI=1S/C22H16ClF3N2O3/c1-13-4-3-5-18(14(13)2)27-12-15-10-17(23)7-9-20(15)31-21-8-6-16(22(24,25)26)11-19(21)28(29)30/h3-12H,1-2H3. The van der Waals surface area contributed by atoms with E-state index >= 15 is 0 Å². The molecule has 31 heavy (non-hydrogen) atoms. The first-order valence-corrected chi connectivity index (χ1v) is 9.37. The molecular weight excluding hydrogens is 433 g/mol. The van der Waals surface area contributed by atoms with Gasteiger partial charge in [0.25, 0.3) is 0 Å². The highest BCUT2D eigenvalue weighted by Gasteiger charge is 2.33. The van der Waals surface area contributed by atoms with Crippen LogP contribution in [0.3, 0.4) is 0 Å². The summed E-state index contributed by atoms with van der Waals surface area (Å²) in [4.78, 5) is 14.8. The second-order valence-electron chi connectivity index (χ2n) is 6.70. The van der Waals surface area contributed by atoms with E-state index in [9.17, 15) is 23.3 Å². The fraction of sp³-hybridized carbons (Fsp3) is 0.136. The molecule has 3 rings (SSSR count). The normalized spacial score (nSPS) is 11.7. The maximum absolute atomic E-state index is 12.9. The first-order valence-electron chi connectivity index (χ1n) is 8.99. The Bertz CT molecular complexity index is 1180. The van der Waals surface area contributed by atoms with E-state index in [1.165, 1.54) is 18.3 Å². The highest BCUT2D eigenvalue weighted by Crippen LogP contribution is 2.38. The first kappa shape index (κ1) is 22.3. The van der Waals surface area contributed by atoms with Gasteiger partial charge in [0, 0.05) is 22.9 Å². The molecule has 0 atom stereocenters. The fourth-order valence-electron chi connectivity index (χ4n) is 2.77. The summed E-state index contributed by atoms with van der Waals surface area (Å²) in [6.45, 7) is 3.87. The molecule has 0 amide bonds. The molecule has 0 N–H and O–H groups in total. The molecule has 0 aromatic heterocycles. The predicted octanol–water partition coefficient (Wildman–Crippen LogP) is 7.43. The van der Waals surface area contributed by atoms with Crippen molar-refractivity contribution in [2.75, 3.05) is 0 Å². The SMILES string of the molecule is Cc1cccc(N=Cc2cc(Cl)ccc2Oc2ccc(C(F)(F)F)cc2[N+](=O)[O-])c1C. The van der Waals surface area contributed by atoms with Gasteiger partial charge in [-0.3, -0.25) is 15.1 Å². The van der Waals surface area contributed by atoms with Gasteiger partial charge in [0.15, 0.2) is 0 Å². The number of hydrogen-bond donors (Lipinski definition) is 0. The van der Waals surface area contributed by atoms with Crippen LogP contribution in [0, 0.1) is 24.0 Å². The van der Waals surface area contributed by atoms with Gasteiger partial charge >= 0.3 is 11.9 Å². The van der Waals surface area contributed by atoms with E-state index in [1.807, 2.05) is 32.0 Å². The number of hydrogen-bond acceptors (Lipinski definition) is 4. The number of alkyl halides is 3. The van der Waals surface area contributed by atoms with E-state index in [4.69, 9.17) is 16.3 Å². The van der Waals surface area contributed by atoms with E-state index in [-0.39, 0.29) is 11.5 Å². The lowest BCUT2D eigenvalue weighted by Gasteiger charge is -2.12. The minimum absolute atomic E-state index is 0.154. The molecule has 0 bridgehead atoms. The van der Waals surface area contributed by atoms with Crippen LogP contribution in [-0.4, -0.2) is 11.1 Å². The number of aryl methyl sites for hydroxylation is 1. The van der Waals surface area contributed by atoms with Gasteiger partial charge in [0.1, 0.15) is 5.75 Å². The van der Waals surface area contributed by atoms with Gasteiger partial charge in [-0.15, -0.1) is 0 Å². The van der Waals surface area contributed by atoms with Crippen molar-refractivity contribution < 1.29 is 22.8 Å². The van der Waals surface area contributed by atoms with E-state index in [0.717, 1.165) is 23.3 Å². The van der Waals surface area contributed by atoms with Crippen LogP contribution in [0.2, 0.25) is 5.02 Å². The lowest BCUT2D eigenvalue weighted by molar-refractivity contribution is -0.385. The maximum Gasteiger partial charge on any atom is 0.416 e. The number of rotatable bonds is 5. The van der Waals surface area contributed by atoms with Gasteiger partial charge in [-0.1, -0.05) is 23.7 Å². The Morgan fingerprint density at radius 1 is 1.06 bits per heavy atom. The summed E-state index contributed by atoms with van der Waals surface area (Å²) < 4.78 is 44.4. The van der Waals surface area contributed by atoms with Gasteiger partial charge in [-0.25, -0.2) is 0 Å². The average Bonchev–Trinajstić information content (AvgIpc) is 2.70. The quantitative estimate of drug-likeness (QED) is 0.231. The van der Waals surface area contributed by atoms with Crippen molar-refractivity contribution in [3.05, 3.63) is 92.0 Å². The van der Waals surface area contributed by atoms with Crippen molar-refractivity contribution in [3.63, 3.8) is 0 Å². The maximum atomic E-state index is 12.9. The smallest absolute Gasteiger partial charge is 0.416 e. The number of nitro groups is 1. The van der Waals surface area contributed by atoms with E-state index in [2.05, 4.69) is 4.99 Å². The molecule has 0 aliphatic heterocycles. The van der Waals surface area contributed by atoms with Crippen LogP contribution in [0.25, 0.3) is 0 Å². The Labute approximate surface area is 180 Å². The molecule has 0 aliphatic carbocycles. The van der Waals surface area contributed by atoms with Gasteiger partial charge in [-0.2, -0.15) is 13.2 Å². The molecule has 9 heteroatoms. The third-order valence-corrected chi connectivity index (χ3v) is 4.83. The van der Waals surface area contributed by atoms with Gasteiger partial charge in [0.05, 0.1) is 16.2 Å². The summed E-state index contributed by atoms with van der Waals surface area (Å²) >= 11 is 6.06. The molecule has 3 aromatic rings. The number of nitro benzene ring substituents is 1. The fourth-order valence-corrected chi connectivity index (χ4v) is 2.95. The summed E-state index contributed by atoms with van der Waals surface area (Å²) in [5, 5.41) is 11.7. The highest BCUT2D eigenvalue weighted by atomic mass is 35.5. The summed E-state index contributed by atoms with van der Waals surface area (Å²) in [5.41, 5.74) is 1.20. The zero-order valence-electron chi connectivity index (χ0n) is 16.4. The van der Waals surface area contributed by atoms with Crippen molar-refractivity contribution in [1.29, 1.82) is 0 Å². The average molecular weight is 449 g/mol. The second kappa shape index (κ2) is 8.77. The largest absolute Gasteiger partial charge is 0.449 e. The van der Waals surface area contributed by atoms with Crippen molar-refractivity contribution in [2.24, 2.45) is 4.99 Å². The van der Waals surface area contributed by atoms with Crippen LogP contribution in [0.4, 0.5) is 24.5 Å². The molecule has 0 radical (unpaired) electrons. The molecule has 160 valence electrons. The van der Waals surface area contributed by atoms with Crippen molar-refractivity contribution in [2.45, 2.75) is 20.0 Å². The number of nitrogens with zero attached hydrogens (tertiary/aromatic N) is 2. The molecule has 0 heterocycles. The zero-order valence-corrected chi connectivity index (χ0v) is 17.2. The molecule has 0 unspecified atom stereocenters. The lowest BCUT2D eigenvalue weighted by atomic mass is 10.1. The second-order valence-corrected chi connectivity index (χ2v) is 7.14. The third-order valence-electron chi connectivity index (χ3n) is 4.59. The Morgan fingerprint density at radius 3 is 2.45 bits per heavy atom. The minimum atomic E-state index is -4.72. The number of aliphatic imine (C=N–C) groups is 1. The molecule has 3 aromatic carbocycles. The van der Waals surface area contributed by atoms with Crippen molar-refractivity contribution in [1.82, 2.24) is 0 Å². The molecule has 0 spiro atoms. The molecule has 0 saturated heterocycles. The van der Waals surface area contributed by atoms with Gasteiger partial charge < -0.3 is 4.74 Å². The molecule has 0 fully saturated rings. The highest BCUT2D eigenvalue weighted by molar-refractivity contribution is 6.30. The zero-order chi connectivity index (χ0) is 22.8. The Hall–Kier alpha value is -3.39. The Kier molecular flexibility index (Phi) is 6.31. The number of halogens is 4. The van der Waals surface area contributed by atoms with Gasteiger partial charge in [0.2, 0.25) is 5.75 Å². The summed E-state index contributed by atoms with van der Waals surface area (Å²) in [7, 11) is 0. The number of benzene rings is 3. The lowest BCUT2D eigenvalue weighted by Crippen LogP contribution is -2.06. The number of ether oxygens (including phenoxy) is 1. The van der Waals surface area contributed by atoms with Crippen LogP contribution in [0.5, 0.6) is 11.5 Å². The van der Waals surface area contributed by atoms with E-state index in [1.54, 1.807) is 6.07 Å². The van der Waals surface area contributed by atoms with Crippen molar-refractivity contribution >= 4 is 29.2 Å². The van der Waals surface area contributed by atoms with Gasteiger partial charge in [-0.05, 0) is 61.4 Å². The van der Waals surface area contributed by atoms with Crippen molar-refractivity contribution in [3.8, 4) is 11.5 Å². The summed E-state index contributed by atoms with van der Waals surface area (Å²) in [6.07, 6.45) is -3.23. The monoisotopic (exact) mass is 448 g/mol. The van der Waals surface area contributed by atoms with Crippen LogP contribution in [0.1, 0.15) is 22.3 Å². The third kappa shape index (κ3) is 5.21. The molecule has 5 nitrogen and oxygen atoms in total. The minimum Gasteiger partial charge on any atom is -0.449 e. The molecular formula is C22H16ClF3N2O3. The van der Waals surface area contributed by atoms with Crippen LogP contribution in [-0.2, 0) is 6.18 Å². The predicted molar refractivity (Wildman–Crippen MR) is 113 cm³/mol. The molecule has 0 saturated carbocycles. The van der Waals surface area contributed by atoms with Crippen LogP contribution < -0.4 is 4.74 Å². The first-order chi connectivity index (χ1) is 14.6. The Morgan fingerprint density at radius 2 is 1.77 bits per heavy atom.